The number of aromatic nitrogens is 1. The van der Waals surface area contributed by atoms with Gasteiger partial charge in [0.15, 0.2) is 4.80 Å². The second-order valence-electron chi connectivity index (χ2n) is 6.96. The number of carbonyl (C=O) groups excluding carboxylic acids is 1. The maximum atomic E-state index is 12.8. The number of amides is 1. The quantitative estimate of drug-likeness (QED) is 0.357. The number of thiazole rings is 1. The van der Waals surface area contributed by atoms with Crippen LogP contribution in [0, 0.1) is 0 Å². The van der Waals surface area contributed by atoms with Crippen molar-refractivity contribution >= 4 is 27.5 Å². The molecule has 0 aliphatic carbocycles. The molecule has 3 aromatic carbocycles. The van der Waals surface area contributed by atoms with Gasteiger partial charge in [-0.1, -0.05) is 36.5 Å². The summed E-state index contributed by atoms with van der Waals surface area (Å²) in [6, 6.07) is 22.6. The normalized spacial score (nSPS) is 11.6. The molecule has 0 spiro atoms. The molecule has 0 unspecified atom stereocenters. The van der Waals surface area contributed by atoms with Crippen molar-refractivity contribution in [3.05, 3.63) is 83.2 Å². The van der Waals surface area contributed by atoms with Gasteiger partial charge >= 0.3 is 0 Å². The van der Waals surface area contributed by atoms with Crippen LogP contribution in [0.15, 0.2) is 77.8 Å². The number of rotatable bonds is 7. The minimum absolute atomic E-state index is 0.271. The zero-order valence-corrected chi connectivity index (χ0v) is 18.4. The first-order valence-electron chi connectivity index (χ1n) is 10.4. The fourth-order valence-electron chi connectivity index (χ4n) is 3.28. The third-order valence-electron chi connectivity index (χ3n) is 4.69. The van der Waals surface area contributed by atoms with E-state index in [2.05, 4.69) is 16.5 Å². The molecular weight excluding hydrogens is 408 g/mol. The average Bonchev–Trinajstić information content (AvgIpc) is 3.11. The molecule has 1 heterocycles. The molecule has 158 valence electrons. The van der Waals surface area contributed by atoms with Crippen molar-refractivity contribution < 1.29 is 14.3 Å². The van der Waals surface area contributed by atoms with E-state index in [0.29, 0.717) is 22.7 Å². The van der Waals surface area contributed by atoms with Gasteiger partial charge in [0.1, 0.15) is 17.2 Å². The number of benzene rings is 3. The van der Waals surface area contributed by atoms with Gasteiger partial charge in [-0.2, -0.15) is 4.99 Å². The van der Waals surface area contributed by atoms with Crippen LogP contribution < -0.4 is 14.3 Å². The Morgan fingerprint density at radius 1 is 0.935 bits per heavy atom. The number of carbonyl (C=O) groups is 1. The topological polar surface area (TPSA) is 52.8 Å². The molecule has 0 saturated heterocycles. The molecule has 6 heteroatoms. The third-order valence-corrected chi connectivity index (χ3v) is 5.73. The van der Waals surface area contributed by atoms with Gasteiger partial charge < -0.3 is 14.0 Å². The average molecular weight is 433 g/mol. The number of ether oxygens (including phenoxy) is 2. The molecule has 5 nitrogen and oxygen atoms in total. The fraction of sp³-hybridized carbons (Fsp3) is 0.200. The lowest BCUT2D eigenvalue weighted by molar-refractivity contribution is 0.0998. The number of hydrogen-bond acceptors (Lipinski definition) is 4. The van der Waals surface area contributed by atoms with Gasteiger partial charge in [-0.05, 0) is 67.9 Å². The molecule has 0 saturated carbocycles. The molecule has 0 atom stereocenters. The highest BCUT2D eigenvalue weighted by atomic mass is 32.1. The van der Waals surface area contributed by atoms with Crippen LogP contribution in [0.4, 0.5) is 0 Å². The first-order chi connectivity index (χ1) is 15.2. The van der Waals surface area contributed by atoms with Gasteiger partial charge in [-0.15, -0.1) is 0 Å². The monoisotopic (exact) mass is 432 g/mol. The largest absolute Gasteiger partial charge is 0.494 e. The van der Waals surface area contributed by atoms with Crippen molar-refractivity contribution in [2.45, 2.75) is 26.8 Å². The van der Waals surface area contributed by atoms with Crippen LogP contribution in [0.3, 0.4) is 0 Å². The number of hydrogen-bond donors (Lipinski definition) is 0. The maximum Gasteiger partial charge on any atom is 0.279 e. The zero-order chi connectivity index (χ0) is 21.6. The predicted molar refractivity (Wildman–Crippen MR) is 124 cm³/mol. The van der Waals surface area contributed by atoms with Crippen molar-refractivity contribution in [1.82, 2.24) is 4.57 Å². The third kappa shape index (κ3) is 4.86. The predicted octanol–water partition coefficient (Wildman–Crippen LogP) is 6.04. The Morgan fingerprint density at radius 2 is 1.65 bits per heavy atom. The number of para-hydroxylation sites is 1. The summed E-state index contributed by atoms with van der Waals surface area (Å²) in [5.41, 5.74) is 1.59. The van der Waals surface area contributed by atoms with Crippen molar-refractivity contribution in [2.75, 3.05) is 6.61 Å². The molecule has 0 radical (unpaired) electrons. The van der Waals surface area contributed by atoms with E-state index < -0.39 is 0 Å². The number of fused-ring (bicyclic) bond motifs is 1. The molecule has 0 fully saturated rings. The van der Waals surface area contributed by atoms with Crippen molar-refractivity contribution in [1.29, 1.82) is 0 Å². The first-order valence-corrected chi connectivity index (χ1v) is 11.2. The van der Waals surface area contributed by atoms with Gasteiger partial charge in [-0.3, -0.25) is 4.79 Å². The van der Waals surface area contributed by atoms with E-state index in [9.17, 15) is 4.79 Å². The van der Waals surface area contributed by atoms with Gasteiger partial charge in [0, 0.05) is 12.1 Å². The highest BCUT2D eigenvalue weighted by molar-refractivity contribution is 7.16. The minimum Gasteiger partial charge on any atom is -0.494 e. The Hall–Kier alpha value is -3.38. The Morgan fingerprint density at radius 3 is 2.35 bits per heavy atom. The fourth-order valence-corrected chi connectivity index (χ4v) is 4.36. The first kappa shape index (κ1) is 20.9. The Balaban J connectivity index is 1.62. The van der Waals surface area contributed by atoms with E-state index in [0.717, 1.165) is 34.7 Å². The molecular formula is C25H24N2O3S. The van der Waals surface area contributed by atoms with E-state index in [4.69, 9.17) is 9.47 Å². The number of nitrogens with zero attached hydrogens (tertiary/aromatic N) is 2. The summed E-state index contributed by atoms with van der Waals surface area (Å²) < 4.78 is 14.6. The molecule has 0 aliphatic rings. The molecule has 1 amide bonds. The summed E-state index contributed by atoms with van der Waals surface area (Å²) in [6.45, 7) is 5.49. The van der Waals surface area contributed by atoms with Crippen LogP contribution in [0.1, 0.15) is 30.6 Å². The lowest BCUT2D eigenvalue weighted by Gasteiger charge is -2.06. The second-order valence-corrected chi connectivity index (χ2v) is 7.96. The molecule has 0 N–H and O–H groups in total. The van der Waals surface area contributed by atoms with Crippen LogP contribution in [0.5, 0.6) is 17.2 Å². The van der Waals surface area contributed by atoms with Crippen LogP contribution in [-0.2, 0) is 6.54 Å². The Bertz CT molecular complexity index is 1240. The molecule has 0 aliphatic heterocycles. The summed E-state index contributed by atoms with van der Waals surface area (Å²) in [6.07, 6.45) is 0.950. The van der Waals surface area contributed by atoms with Gasteiger partial charge in [0.25, 0.3) is 5.91 Å². The van der Waals surface area contributed by atoms with Gasteiger partial charge in [0.2, 0.25) is 0 Å². The summed E-state index contributed by atoms with van der Waals surface area (Å²) in [5.74, 6) is 1.98. The lowest BCUT2D eigenvalue weighted by atomic mass is 10.2. The van der Waals surface area contributed by atoms with Crippen LogP contribution >= 0.6 is 11.3 Å². The van der Waals surface area contributed by atoms with E-state index in [1.807, 2.05) is 55.5 Å². The Labute approximate surface area is 185 Å². The highest BCUT2D eigenvalue weighted by Crippen LogP contribution is 2.24. The Kier molecular flexibility index (Phi) is 6.48. The molecule has 1 aromatic heterocycles. The standard InChI is InChI=1S/C25H24N2O3S/c1-3-16-27-22-15-14-21(29-4-2)17-23(22)31-25(27)26-24(28)18-10-12-20(13-11-18)30-19-8-6-5-7-9-19/h5-15,17H,3-4,16H2,1-2H3. The van der Waals surface area contributed by atoms with E-state index >= 15 is 0 Å². The van der Waals surface area contributed by atoms with Gasteiger partial charge in [0.05, 0.1) is 16.8 Å². The summed E-state index contributed by atoms with van der Waals surface area (Å²) in [7, 11) is 0. The SMILES string of the molecule is CCCn1c(=NC(=O)c2ccc(Oc3ccccc3)cc2)sc2cc(OCC)ccc21. The van der Waals surface area contributed by atoms with E-state index in [1.165, 1.54) is 11.3 Å². The smallest absolute Gasteiger partial charge is 0.279 e. The van der Waals surface area contributed by atoms with Crippen molar-refractivity contribution in [3.63, 3.8) is 0 Å². The minimum atomic E-state index is -0.271. The summed E-state index contributed by atoms with van der Waals surface area (Å²) in [4.78, 5) is 18.0. The van der Waals surface area contributed by atoms with E-state index in [1.54, 1.807) is 24.3 Å². The molecule has 31 heavy (non-hydrogen) atoms. The molecule has 4 aromatic rings. The highest BCUT2D eigenvalue weighted by Gasteiger charge is 2.10. The maximum absolute atomic E-state index is 12.8. The van der Waals surface area contributed by atoms with Gasteiger partial charge in [-0.25, -0.2) is 0 Å². The van der Waals surface area contributed by atoms with Crippen LogP contribution in [0.25, 0.3) is 10.2 Å². The molecule has 0 bridgehead atoms. The lowest BCUT2D eigenvalue weighted by Crippen LogP contribution is -2.16. The molecule has 4 rings (SSSR count). The summed E-state index contributed by atoms with van der Waals surface area (Å²) in [5, 5.41) is 0. The number of aryl methyl sites for hydroxylation is 1. The van der Waals surface area contributed by atoms with E-state index in [-0.39, 0.29) is 5.91 Å². The zero-order valence-electron chi connectivity index (χ0n) is 17.6. The summed E-state index contributed by atoms with van der Waals surface area (Å²) >= 11 is 1.50. The van der Waals surface area contributed by atoms with Crippen molar-refractivity contribution in [3.8, 4) is 17.2 Å². The van der Waals surface area contributed by atoms with Crippen LogP contribution in [0.2, 0.25) is 0 Å². The second kappa shape index (κ2) is 9.62. The van der Waals surface area contributed by atoms with Crippen molar-refractivity contribution in [2.24, 2.45) is 4.99 Å². The van der Waals surface area contributed by atoms with Crippen LogP contribution in [-0.4, -0.2) is 17.1 Å².